The Morgan fingerprint density at radius 3 is 1.67 bits per heavy atom. The molecule has 0 fully saturated rings. The summed E-state index contributed by atoms with van der Waals surface area (Å²) in [5, 5.41) is 9.36. The predicted octanol–water partition coefficient (Wildman–Crippen LogP) is 2.07. The number of ether oxygens (including phenoxy) is 1. The Bertz CT molecular complexity index is 129. The van der Waals surface area contributed by atoms with Crippen LogP contribution in [0.1, 0.15) is 34.6 Å². The fraction of sp³-hybridized carbons (Fsp3) is 1.00. The van der Waals surface area contributed by atoms with E-state index in [-0.39, 0.29) is 12.0 Å². The highest BCUT2D eigenvalue weighted by Gasteiger charge is 2.44. The van der Waals surface area contributed by atoms with Gasteiger partial charge in [-0.3, -0.25) is 0 Å². The molecule has 0 aromatic carbocycles. The summed E-state index contributed by atoms with van der Waals surface area (Å²) in [4.78, 5) is 0. The van der Waals surface area contributed by atoms with Gasteiger partial charge in [-0.1, -0.05) is 34.6 Å². The molecule has 0 saturated heterocycles. The molecule has 0 aliphatic rings. The van der Waals surface area contributed by atoms with Crippen LogP contribution in [0.5, 0.6) is 0 Å². The maximum Gasteiger partial charge on any atom is 0.0978 e. The van der Waals surface area contributed by atoms with E-state index < -0.39 is 5.60 Å². The molecule has 1 atom stereocenters. The van der Waals surface area contributed by atoms with Crippen LogP contribution in [-0.4, -0.2) is 24.4 Å². The minimum atomic E-state index is -0.424. The third kappa shape index (κ3) is 1.80. The molecule has 0 spiro atoms. The molecule has 0 aromatic heterocycles. The number of methoxy groups -OCH3 is 1. The first-order chi connectivity index (χ1) is 5.31. The van der Waals surface area contributed by atoms with Crippen LogP contribution in [0.2, 0.25) is 0 Å². The maximum absolute atomic E-state index is 9.36. The van der Waals surface area contributed by atoms with Gasteiger partial charge >= 0.3 is 0 Å². The second kappa shape index (κ2) is 3.75. The molecule has 1 N–H and O–H groups in total. The molecular weight excluding hydrogens is 152 g/mol. The quantitative estimate of drug-likeness (QED) is 0.709. The molecule has 0 radical (unpaired) electrons. The third-order valence-electron chi connectivity index (χ3n) is 2.80. The lowest BCUT2D eigenvalue weighted by atomic mass is 9.70. The fourth-order valence-corrected chi connectivity index (χ4v) is 1.89. The van der Waals surface area contributed by atoms with Crippen LogP contribution in [0.25, 0.3) is 0 Å². The third-order valence-corrected chi connectivity index (χ3v) is 2.80. The normalized spacial score (nSPS) is 18.0. The Kier molecular flexibility index (Phi) is 3.73. The molecule has 74 valence electrons. The Balaban J connectivity index is 4.83. The predicted molar refractivity (Wildman–Crippen MR) is 51.1 cm³/mol. The van der Waals surface area contributed by atoms with E-state index in [1.807, 2.05) is 0 Å². The summed E-state index contributed by atoms with van der Waals surface area (Å²) in [6.07, 6.45) is 0. The van der Waals surface area contributed by atoms with Crippen molar-refractivity contribution >= 4 is 0 Å². The topological polar surface area (TPSA) is 29.5 Å². The lowest BCUT2D eigenvalue weighted by Crippen LogP contribution is -2.52. The molecule has 0 aliphatic heterocycles. The van der Waals surface area contributed by atoms with Gasteiger partial charge in [-0.25, -0.2) is 0 Å². The summed E-state index contributed by atoms with van der Waals surface area (Å²) in [5.74, 6) is 0.312. The number of aliphatic hydroxyl groups is 1. The van der Waals surface area contributed by atoms with Gasteiger partial charge < -0.3 is 9.84 Å². The molecule has 2 heteroatoms. The van der Waals surface area contributed by atoms with Gasteiger partial charge in [0, 0.05) is 7.11 Å². The molecule has 0 bridgehead atoms. The Hall–Kier alpha value is -0.0800. The monoisotopic (exact) mass is 174 g/mol. The van der Waals surface area contributed by atoms with Gasteiger partial charge in [-0.2, -0.15) is 0 Å². The Labute approximate surface area is 75.9 Å². The largest absolute Gasteiger partial charge is 0.393 e. The number of hydrogen-bond donors (Lipinski definition) is 1. The SMILES string of the molecule is CO[C@](CO)(C(C)C)C(C)(C)C. The van der Waals surface area contributed by atoms with Crippen molar-refractivity contribution in [2.24, 2.45) is 11.3 Å². The molecular formula is C10H22O2. The molecule has 0 aromatic rings. The van der Waals surface area contributed by atoms with Gasteiger partial charge in [-0.15, -0.1) is 0 Å². The zero-order chi connectivity index (χ0) is 9.99. The van der Waals surface area contributed by atoms with Gasteiger partial charge in [0.2, 0.25) is 0 Å². The number of rotatable bonds is 3. The van der Waals surface area contributed by atoms with Crippen LogP contribution >= 0.6 is 0 Å². The van der Waals surface area contributed by atoms with Crippen molar-refractivity contribution in [2.45, 2.75) is 40.2 Å². The van der Waals surface area contributed by atoms with Crippen LogP contribution < -0.4 is 0 Å². The summed E-state index contributed by atoms with van der Waals surface area (Å²) in [6.45, 7) is 10.5. The van der Waals surface area contributed by atoms with Crippen molar-refractivity contribution in [3.63, 3.8) is 0 Å². The lowest BCUT2D eigenvalue weighted by molar-refractivity contribution is -0.151. The first kappa shape index (κ1) is 11.9. The highest BCUT2D eigenvalue weighted by atomic mass is 16.5. The van der Waals surface area contributed by atoms with Crippen molar-refractivity contribution < 1.29 is 9.84 Å². The van der Waals surface area contributed by atoms with Crippen LogP contribution in [0, 0.1) is 11.3 Å². The zero-order valence-corrected chi connectivity index (χ0v) is 9.14. The van der Waals surface area contributed by atoms with Crippen LogP contribution in [-0.2, 0) is 4.74 Å². The standard InChI is InChI=1S/C10H22O2/c1-8(2)10(7-11,12-6)9(3,4)5/h8,11H,7H2,1-6H3/t10-/m1/s1. The molecule has 12 heavy (non-hydrogen) atoms. The van der Waals surface area contributed by atoms with Gasteiger partial charge in [0.1, 0.15) is 0 Å². The Morgan fingerprint density at radius 1 is 1.25 bits per heavy atom. The lowest BCUT2D eigenvalue weighted by Gasteiger charge is -2.45. The van der Waals surface area contributed by atoms with Gasteiger partial charge in [0.05, 0.1) is 12.2 Å². The van der Waals surface area contributed by atoms with E-state index >= 15 is 0 Å². The second-order valence-electron chi connectivity index (χ2n) is 4.66. The van der Waals surface area contributed by atoms with Crippen molar-refractivity contribution in [1.29, 1.82) is 0 Å². The van der Waals surface area contributed by atoms with E-state index in [0.717, 1.165) is 0 Å². The van der Waals surface area contributed by atoms with Crippen molar-refractivity contribution in [3.8, 4) is 0 Å². The molecule has 0 unspecified atom stereocenters. The molecule has 2 nitrogen and oxygen atoms in total. The first-order valence-electron chi connectivity index (χ1n) is 4.48. The van der Waals surface area contributed by atoms with Crippen LogP contribution in [0.4, 0.5) is 0 Å². The van der Waals surface area contributed by atoms with Gasteiger partial charge in [0.15, 0.2) is 0 Å². The molecule has 0 rings (SSSR count). The minimum Gasteiger partial charge on any atom is -0.393 e. The van der Waals surface area contributed by atoms with E-state index in [1.165, 1.54) is 0 Å². The zero-order valence-electron chi connectivity index (χ0n) is 9.14. The number of aliphatic hydroxyl groups excluding tert-OH is 1. The van der Waals surface area contributed by atoms with Crippen LogP contribution in [0.3, 0.4) is 0 Å². The summed E-state index contributed by atoms with van der Waals surface area (Å²) >= 11 is 0. The fourth-order valence-electron chi connectivity index (χ4n) is 1.89. The average molecular weight is 174 g/mol. The van der Waals surface area contributed by atoms with E-state index in [2.05, 4.69) is 34.6 Å². The molecule has 0 heterocycles. The van der Waals surface area contributed by atoms with Crippen molar-refractivity contribution in [2.75, 3.05) is 13.7 Å². The summed E-state index contributed by atoms with van der Waals surface area (Å²) < 4.78 is 5.46. The second-order valence-corrected chi connectivity index (χ2v) is 4.66. The summed E-state index contributed by atoms with van der Waals surface area (Å²) in [6, 6.07) is 0. The van der Waals surface area contributed by atoms with Crippen molar-refractivity contribution in [1.82, 2.24) is 0 Å². The minimum absolute atomic E-state index is 0.0370. The molecule has 0 aliphatic carbocycles. The smallest absolute Gasteiger partial charge is 0.0978 e. The van der Waals surface area contributed by atoms with Crippen LogP contribution in [0.15, 0.2) is 0 Å². The van der Waals surface area contributed by atoms with E-state index in [9.17, 15) is 5.11 Å². The van der Waals surface area contributed by atoms with E-state index in [4.69, 9.17) is 4.74 Å². The molecule has 0 saturated carbocycles. The van der Waals surface area contributed by atoms with E-state index in [0.29, 0.717) is 5.92 Å². The summed E-state index contributed by atoms with van der Waals surface area (Å²) in [5.41, 5.74) is -0.461. The highest BCUT2D eigenvalue weighted by molar-refractivity contribution is 4.94. The highest BCUT2D eigenvalue weighted by Crippen LogP contribution is 2.38. The van der Waals surface area contributed by atoms with E-state index in [1.54, 1.807) is 7.11 Å². The van der Waals surface area contributed by atoms with Gasteiger partial charge in [-0.05, 0) is 11.3 Å². The van der Waals surface area contributed by atoms with Gasteiger partial charge in [0.25, 0.3) is 0 Å². The molecule has 0 amide bonds. The first-order valence-corrected chi connectivity index (χ1v) is 4.48. The maximum atomic E-state index is 9.36. The average Bonchev–Trinajstić information content (AvgIpc) is 1.87. The van der Waals surface area contributed by atoms with Crippen molar-refractivity contribution in [3.05, 3.63) is 0 Å². The Morgan fingerprint density at radius 2 is 1.67 bits per heavy atom. The number of hydrogen-bond acceptors (Lipinski definition) is 2. The summed E-state index contributed by atoms with van der Waals surface area (Å²) in [7, 11) is 1.67.